The second kappa shape index (κ2) is 17.4. The van der Waals surface area contributed by atoms with Crippen LogP contribution in [0.2, 0.25) is 0 Å². The van der Waals surface area contributed by atoms with Crippen molar-refractivity contribution in [2.45, 2.75) is 0 Å². The number of hydrazine groups is 2. The highest BCUT2D eigenvalue weighted by molar-refractivity contribution is 4.35. The fourth-order valence-corrected chi connectivity index (χ4v) is 0.144. The number of hydrogen-bond donors (Lipinski definition) is 6. The first-order chi connectivity index (χ1) is 6.38. The van der Waals surface area contributed by atoms with E-state index in [2.05, 4.69) is 10.9 Å². The standard InChI is InChI=1S/C2H10N4.2HNO3/c3-5-1-2-6-4;2*2-1(3)4/h5-6H,1-4H2;2*(H,2,3,4). The molecule has 0 spiro atoms. The average molecular weight is 216 g/mol. The Bertz CT molecular complexity index is 116. The van der Waals surface area contributed by atoms with Gasteiger partial charge in [0.2, 0.25) is 0 Å². The molecule has 0 aliphatic carbocycles. The summed E-state index contributed by atoms with van der Waals surface area (Å²) in [6, 6.07) is 0. The molecule has 0 radical (unpaired) electrons. The first kappa shape index (κ1) is 18.1. The lowest BCUT2D eigenvalue weighted by atomic mass is 10.7. The summed E-state index contributed by atoms with van der Waals surface area (Å²) >= 11 is 0. The summed E-state index contributed by atoms with van der Waals surface area (Å²) in [5, 5.41) is 27.3. The molecule has 0 aromatic carbocycles. The van der Waals surface area contributed by atoms with Crippen LogP contribution in [-0.2, 0) is 0 Å². The molecule has 0 bridgehead atoms. The van der Waals surface area contributed by atoms with Gasteiger partial charge in [-0.3, -0.25) is 22.5 Å². The minimum atomic E-state index is -1.50. The predicted molar refractivity (Wildman–Crippen MR) is 41.9 cm³/mol. The van der Waals surface area contributed by atoms with Crippen LogP contribution in [0.3, 0.4) is 0 Å². The molecule has 86 valence electrons. The van der Waals surface area contributed by atoms with Crippen molar-refractivity contribution < 1.29 is 20.6 Å². The van der Waals surface area contributed by atoms with Crippen molar-refractivity contribution in [2.75, 3.05) is 13.1 Å². The highest BCUT2D eigenvalue weighted by Gasteiger charge is 1.71. The van der Waals surface area contributed by atoms with E-state index in [0.29, 0.717) is 13.1 Å². The number of nitrogens with one attached hydrogen (secondary N) is 2. The highest BCUT2D eigenvalue weighted by atomic mass is 16.9. The van der Waals surface area contributed by atoms with Gasteiger partial charge < -0.3 is 10.4 Å². The van der Waals surface area contributed by atoms with Gasteiger partial charge in [-0.2, -0.15) is 0 Å². The second-order valence-corrected chi connectivity index (χ2v) is 1.38. The van der Waals surface area contributed by atoms with Crippen molar-refractivity contribution >= 4 is 0 Å². The zero-order chi connectivity index (χ0) is 12.0. The van der Waals surface area contributed by atoms with Crippen molar-refractivity contribution in [2.24, 2.45) is 11.7 Å². The molecule has 0 saturated heterocycles. The molecule has 0 rings (SSSR count). The summed E-state index contributed by atoms with van der Waals surface area (Å²) in [4.78, 5) is 16.7. The monoisotopic (exact) mass is 216 g/mol. The Morgan fingerprint density at radius 3 is 1.21 bits per heavy atom. The molecule has 0 aliphatic heterocycles. The number of rotatable bonds is 3. The summed E-state index contributed by atoms with van der Waals surface area (Å²) in [5.41, 5.74) is 4.85. The molecule has 0 unspecified atom stereocenters. The van der Waals surface area contributed by atoms with Crippen molar-refractivity contribution in [3.05, 3.63) is 20.2 Å². The van der Waals surface area contributed by atoms with E-state index in [1.165, 1.54) is 0 Å². The van der Waals surface area contributed by atoms with Gasteiger partial charge in [-0.05, 0) is 0 Å². The Morgan fingerprint density at radius 1 is 1.00 bits per heavy atom. The highest BCUT2D eigenvalue weighted by Crippen LogP contribution is 1.39. The Morgan fingerprint density at radius 2 is 1.14 bits per heavy atom. The van der Waals surface area contributed by atoms with E-state index in [4.69, 9.17) is 42.3 Å². The molecule has 0 amide bonds. The molecule has 14 heavy (non-hydrogen) atoms. The molecule has 0 atom stereocenters. The Balaban J connectivity index is -0.000000135. The maximum absolute atomic E-state index is 8.36. The zero-order valence-electron chi connectivity index (χ0n) is 6.99. The summed E-state index contributed by atoms with van der Waals surface area (Å²) in [6.07, 6.45) is 0. The van der Waals surface area contributed by atoms with Crippen LogP contribution in [0.4, 0.5) is 0 Å². The van der Waals surface area contributed by atoms with E-state index >= 15 is 0 Å². The molecule has 0 heterocycles. The lowest BCUT2D eigenvalue weighted by Crippen LogP contribution is -2.34. The SMILES string of the molecule is NNCCNN.O=[N+]([O-])O.O=[N+]([O-])O. The molecule has 12 heteroatoms. The van der Waals surface area contributed by atoms with Crippen LogP contribution in [0.15, 0.2) is 0 Å². The van der Waals surface area contributed by atoms with Crippen LogP contribution < -0.4 is 22.5 Å². The van der Waals surface area contributed by atoms with Gasteiger partial charge in [0.05, 0.1) is 0 Å². The summed E-state index contributed by atoms with van der Waals surface area (Å²) in [5.74, 6) is 9.74. The maximum atomic E-state index is 8.36. The van der Waals surface area contributed by atoms with Gasteiger partial charge >= 0.3 is 0 Å². The summed E-state index contributed by atoms with van der Waals surface area (Å²) < 4.78 is 0. The minimum absolute atomic E-state index is 0.705. The quantitative estimate of drug-likeness (QED) is 0.124. The molecule has 0 saturated carbocycles. The van der Waals surface area contributed by atoms with Crippen LogP contribution in [0, 0.1) is 20.2 Å². The summed E-state index contributed by atoms with van der Waals surface area (Å²) in [6.45, 7) is 1.41. The van der Waals surface area contributed by atoms with Gasteiger partial charge in [0.25, 0.3) is 10.2 Å². The lowest BCUT2D eigenvalue weighted by molar-refractivity contribution is -0.742. The van der Waals surface area contributed by atoms with Crippen LogP contribution in [0.25, 0.3) is 0 Å². The van der Waals surface area contributed by atoms with Crippen molar-refractivity contribution in [3.63, 3.8) is 0 Å². The zero-order valence-corrected chi connectivity index (χ0v) is 6.99. The third-order valence-corrected chi connectivity index (χ3v) is 0.414. The van der Waals surface area contributed by atoms with Crippen molar-refractivity contribution in [3.8, 4) is 0 Å². The fraction of sp³-hybridized carbons (Fsp3) is 1.00. The third kappa shape index (κ3) is 569. The number of hydrogen-bond acceptors (Lipinski definition) is 8. The largest absolute Gasteiger partial charge is 0.328 e. The van der Waals surface area contributed by atoms with Gasteiger partial charge in [0.1, 0.15) is 0 Å². The van der Waals surface area contributed by atoms with E-state index in [-0.39, 0.29) is 0 Å². The van der Waals surface area contributed by atoms with Crippen LogP contribution in [-0.4, -0.2) is 33.7 Å². The van der Waals surface area contributed by atoms with Gasteiger partial charge in [0, 0.05) is 13.1 Å². The Labute approximate surface area is 77.6 Å². The number of nitrogens with two attached hydrogens (primary N) is 2. The Hall–Kier alpha value is -1.76. The van der Waals surface area contributed by atoms with Gasteiger partial charge in [-0.1, -0.05) is 0 Å². The van der Waals surface area contributed by atoms with Crippen LogP contribution >= 0.6 is 0 Å². The van der Waals surface area contributed by atoms with E-state index in [0.717, 1.165) is 0 Å². The van der Waals surface area contributed by atoms with Crippen LogP contribution in [0.5, 0.6) is 0 Å². The van der Waals surface area contributed by atoms with Crippen molar-refractivity contribution in [1.82, 2.24) is 10.9 Å². The molecular weight excluding hydrogens is 204 g/mol. The molecule has 0 aromatic heterocycles. The maximum Gasteiger partial charge on any atom is 0.291 e. The molecule has 0 aliphatic rings. The van der Waals surface area contributed by atoms with E-state index < -0.39 is 10.2 Å². The normalized spacial score (nSPS) is 7.29. The molecule has 0 fully saturated rings. The molecule has 0 aromatic rings. The average Bonchev–Trinajstić information content (AvgIpc) is 1.98. The smallest absolute Gasteiger partial charge is 0.291 e. The van der Waals surface area contributed by atoms with Gasteiger partial charge in [-0.15, -0.1) is 20.2 Å². The lowest BCUT2D eigenvalue weighted by Gasteiger charge is -1.92. The fourth-order valence-electron chi connectivity index (χ4n) is 0.144. The topological polar surface area (TPSA) is 203 Å². The first-order valence-electron chi connectivity index (χ1n) is 2.91. The third-order valence-electron chi connectivity index (χ3n) is 0.414. The summed E-state index contributed by atoms with van der Waals surface area (Å²) in [7, 11) is 0. The van der Waals surface area contributed by atoms with E-state index in [1.54, 1.807) is 0 Å². The molecule has 12 nitrogen and oxygen atoms in total. The molecule has 8 N–H and O–H groups in total. The van der Waals surface area contributed by atoms with Gasteiger partial charge in [0.15, 0.2) is 0 Å². The second-order valence-electron chi connectivity index (χ2n) is 1.38. The predicted octanol–water partition coefficient (Wildman–Crippen LogP) is -2.78. The van der Waals surface area contributed by atoms with Crippen molar-refractivity contribution in [1.29, 1.82) is 0 Å². The van der Waals surface area contributed by atoms with Crippen LogP contribution in [0.1, 0.15) is 0 Å². The number of nitrogens with zero attached hydrogens (tertiary/aromatic N) is 2. The van der Waals surface area contributed by atoms with Gasteiger partial charge in [-0.25, -0.2) is 0 Å². The Kier molecular flexibility index (Phi) is 22.5. The molecular formula is C2H12N6O6. The minimum Gasteiger partial charge on any atom is -0.328 e. The van der Waals surface area contributed by atoms with E-state index in [9.17, 15) is 0 Å². The first-order valence-corrected chi connectivity index (χ1v) is 2.91. The van der Waals surface area contributed by atoms with E-state index in [1.807, 2.05) is 0 Å².